The number of likely N-dealkylation sites (tertiary alicyclic amines) is 2. The maximum Gasteiger partial charge on any atom is 0.224 e. The lowest BCUT2D eigenvalue weighted by atomic mass is 9.96. The number of hydrogen-bond acceptors (Lipinski definition) is 4. The first-order valence-electron chi connectivity index (χ1n) is 10.0. The van der Waals surface area contributed by atoms with Gasteiger partial charge in [0.1, 0.15) is 0 Å². The molecular formula is C20H38N4O2. The number of amides is 2. The quantitative estimate of drug-likeness (QED) is 0.749. The van der Waals surface area contributed by atoms with E-state index in [1.165, 1.54) is 0 Å². The van der Waals surface area contributed by atoms with E-state index in [2.05, 4.69) is 55.1 Å². The van der Waals surface area contributed by atoms with Gasteiger partial charge in [0, 0.05) is 50.2 Å². The van der Waals surface area contributed by atoms with Crippen LogP contribution in [0.25, 0.3) is 0 Å². The smallest absolute Gasteiger partial charge is 0.224 e. The maximum atomic E-state index is 12.4. The highest BCUT2D eigenvalue weighted by Crippen LogP contribution is 2.28. The maximum absolute atomic E-state index is 12.4. The normalized spacial score (nSPS) is 25.5. The Kier molecular flexibility index (Phi) is 6.72. The van der Waals surface area contributed by atoms with E-state index in [1.807, 2.05) is 0 Å². The second-order valence-corrected chi connectivity index (χ2v) is 9.53. The third kappa shape index (κ3) is 5.43. The average Bonchev–Trinajstić information content (AvgIpc) is 3.21. The Balaban J connectivity index is 1.75. The predicted octanol–water partition coefficient (Wildman–Crippen LogP) is 1.60. The molecule has 0 aromatic heterocycles. The molecule has 6 heteroatoms. The van der Waals surface area contributed by atoms with Crippen LogP contribution < -0.4 is 10.6 Å². The van der Waals surface area contributed by atoms with Crippen LogP contribution in [0.5, 0.6) is 0 Å². The van der Waals surface area contributed by atoms with Crippen molar-refractivity contribution in [2.75, 3.05) is 33.2 Å². The molecule has 2 aliphatic heterocycles. The molecule has 0 saturated carbocycles. The van der Waals surface area contributed by atoms with Crippen LogP contribution in [-0.4, -0.2) is 72.0 Å². The monoisotopic (exact) mass is 366 g/mol. The molecule has 2 amide bonds. The van der Waals surface area contributed by atoms with Crippen molar-refractivity contribution >= 4 is 11.8 Å². The van der Waals surface area contributed by atoms with Crippen LogP contribution in [0.15, 0.2) is 0 Å². The molecule has 2 unspecified atom stereocenters. The molecule has 0 spiro atoms. The summed E-state index contributed by atoms with van der Waals surface area (Å²) >= 11 is 0. The number of rotatable bonds is 6. The summed E-state index contributed by atoms with van der Waals surface area (Å²) in [5, 5.41) is 5.97. The molecule has 0 aliphatic carbocycles. The summed E-state index contributed by atoms with van der Waals surface area (Å²) in [6, 6.07) is 0.272. The highest BCUT2D eigenvalue weighted by molar-refractivity contribution is 5.79. The van der Waals surface area contributed by atoms with Crippen LogP contribution >= 0.6 is 0 Å². The molecule has 0 aromatic carbocycles. The number of nitrogens with zero attached hydrogens (tertiary/aromatic N) is 2. The Bertz CT molecular complexity index is 512. The highest BCUT2D eigenvalue weighted by Gasteiger charge is 2.36. The molecule has 2 aliphatic rings. The summed E-state index contributed by atoms with van der Waals surface area (Å²) in [5.41, 5.74) is 0.103. The summed E-state index contributed by atoms with van der Waals surface area (Å²) < 4.78 is 0. The van der Waals surface area contributed by atoms with Gasteiger partial charge in [-0.1, -0.05) is 0 Å². The summed E-state index contributed by atoms with van der Waals surface area (Å²) in [4.78, 5) is 29.1. The van der Waals surface area contributed by atoms with Crippen molar-refractivity contribution in [3.8, 4) is 0 Å². The third-order valence-electron chi connectivity index (χ3n) is 6.13. The van der Waals surface area contributed by atoms with E-state index in [4.69, 9.17) is 0 Å². The van der Waals surface area contributed by atoms with Crippen molar-refractivity contribution in [2.24, 2.45) is 5.92 Å². The third-order valence-corrected chi connectivity index (χ3v) is 6.13. The lowest BCUT2D eigenvalue weighted by molar-refractivity contribution is -0.124. The molecule has 2 atom stereocenters. The Morgan fingerprint density at radius 2 is 1.65 bits per heavy atom. The molecule has 2 heterocycles. The zero-order valence-electron chi connectivity index (χ0n) is 17.5. The van der Waals surface area contributed by atoms with Crippen molar-refractivity contribution in [1.82, 2.24) is 20.4 Å². The van der Waals surface area contributed by atoms with Gasteiger partial charge in [0.15, 0.2) is 0 Å². The fourth-order valence-corrected chi connectivity index (χ4v) is 4.09. The van der Waals surface area contributed by atoms with E-state index in [0.29, 0.717) is 6.42 Å². The van der Waals surface area contributed by atoms with Crippen molar-refractivity contribution in [3.05, 3.63) is 0 Å². The van der Waals surface area contributed by atoms with Gasteiger partial charge in [-0.25, -0.2) is 0 Å². The lowest BCUT2D eigenvalue weighted by Gasteiger charge is -2.35. The van der Waals surface area contributed by atoms with Crippen LogP contribution in [0.2, 0.25) is 0 Å². The largest absolute Gasteiger partial charge is 0.359 e. The topological polar surface area (TPSA) is 64.7 Å². The molecule has 2 saturated heterocycles. The number of carbonyl (C=O) groups excluding carboxylic acids is 2. The fraction of sp³-hybridized carbons (Fsp3) is 0.900. The Morgan fingerprint density at radius 1 is 1.00 bits per heavy atom. The molecule has 2 fully saturated rings. The minimum atomic E-state index is -0.0623. The average molecular weight is 367 g/mol. The summed E-state index contributed by atoms with van der Waals surface area (Å²) in [6.45, 7) is 14.7. The van der Waals surface area contributed by atoms with Gasteiger partial charge < -0.3 is 10.6 Å². The van der Waals surface area contributed by atoms with Crippen LogP contribution in [0.1, 0.15) is 60.3 Å². The van der Waals surface area contributed by atoms with Gasteiger partial charge in [-0.2, -0.15) is 0 Å². The summed E-state index contributed by atoms with van der Waals surface area (Å²) in [5.74, 6) is 0.363. The first-order chi connectivity index (χ1) is 12.0. The van der Waals surface area contributed by atoms with E-state index in [1.54, 1.807) is 7.05 Å². The predicted molar refractivity (Wildman–Crippen MR) is 105 cm³/mol. The minimum Gasteiger partial charge on any atom is -0.359 e. The van der Waals surface area contributed by atoms with Gasteiger partial charge in [-0.3, -0.25) is 19.4 Å². The molecule has 0 radical (unpaired) electrons. The second-order valence-electron chi connectivity index (χ2n) is 9.53. The van der Waals surface area contributed by atoms with Gasteiger partial charge in [0.05, 0.1) is 5.92 Å². The molecule has 0 bridgehead atoms. The summed E-state index contributed by atoms with van der Waals surface area (Å²) in [7, 11) is 1.70. The Hall–Kier alpha value is -1.14. The van der Waals surface area contributed by atoms with E-state index in [-0.39, 0.29) is 34.9 Å². The van der Waals surface area contributed by atoms with Crippen LogP contribution in [0.3, 0.4) is 0 Å². The van der Waals surface area contributed by atoms with Crippen molar-refractivity contribution in [2.45, 2.75) is 77.4 Å². The molecule has 150 valence electrons. The fourth-order valence-electron chi connectivity index (χ4n) is 4.09. The lowest BCUT2D eigenvalue weighted by Crippen LogP contribution is -2.45. The SMILES string of the molecule is CNC(=O)C1CCN(C(C)(C)CCC(=O)NC2CCN(C(C)(C)C)C2)C1. The Labute approximate surface area is 159 Å². The van der Waals surface area contributed by atoms with E-state index >= 15 is 0 Å². The number of carbonyl (C=O) groups is 2. The molecular weight excluding hydrogens is 328 g/mol. The minimum absolute atomic E-state index is 0.0623. The Morgan fingerprint density at radius 3 is 2.23 bits per heavy atom. The number of hydrogen-bond donors (Lipinski definition) is 2. The van der Waals surface area contributed by atoms with Crippen LogP contribution in [0, 0.1) is 5.92 Å². The first kappa shape index (κ1) is 21.2. The van der Waals surface area contributed by atoms with Crippen molar-refractivity contribution in [1.29, 1.82) is 0 Å². The summed E-state index contributed by atoms with van der Waals surface area (Å²) in [6.07, 6.45) is 3.29. The molecule has 2 N–H and O–H groups in total. The van der Waals surface area contributed by atoms with Gasteiger partial charge in [-0.05, 0) is 60.4 Å². The van der Waals surface area contributed by atoms with Crippen LogP contribution in [-0.2, 0) is 9.59 Å². The van der Waals surface area contributed by atoms with Crippen LogP contribution in [0.4, 0.5) is 0 Å². The highest BCUT2D eigenvalue weighted by atomic mass is 16.2. The molecule has 2 rings (SSSR count). The standard InChI is InChI=1S/C20H38N4O2/c1-19(2,3)23-12-9-16(14-23)22-17(25)7-10-20(4,5)24-11-8-15(13-24)18(26)21-6/h15-16H,7-14H2,1-6H3,(H,21,26)(H,22,25). The van der Waals surface area contributed by atoms with Gasteiger partial charge in [0.25, 0.3) is 0 Å². The van der Waals surface area contributed by atoms with Gasteiger partial charge in [-0.15, -0.1) is 0 Å². The van der Waals surface area contributed by atoms with Crippen molar-refractivity contribution in [3.63, 3.8) is 0 Å². The molecule has 6 nitrogen and oxygen atoms in total. The first-order valence-corrected chi connectivity index (χ1v) is 10.0. The van der Waals surface area contributed by atoms with Gasteiger partial charge >= 0.3 is 0 Å². The molecule has 0 aromatic rings. The van der Waals surface area contributed by atoms with Crippen molar-refractivity contribution < 1.29 is 9.59 Å². The zero-order chi connectivity index (χ0) is 19.5. The molecule has 26 heavy (non-hydrogen) atoms. The second kappa shape index (κ2) is 8.26. The zero-order valence-corrected chi connectivity index (χ0v) is 17.5. The van der Waals surface area contributed by atoms with E-state index in [9.17, 15) is 9.59 Å². The van der Waals surface area contributed by atoms with Gasteiger partial charge in [0.2, 0.25) is 11.8 Å². The van der Waals surface area contributed by atoms with E-state index < -0.39 is 0 Å². The van der Waals surface area contributed by atoms with E-state index in [0.717, 1.165) is 45.4 Å². The number of nitrogens with one attached hydrogen (secondary N) is 2.